The maximum absolute atomic E-state index is 5.27. The van der Waals surface area contributed by atoms with Crippen LogP contribution in [0.4, 0.5) is 0 Å². The Labute approximate surface area is 124 Å². The summed E-state index contributed by atoms with van der Waals surface area (Å²) in [6.45, 7) is 2.09. The number of hydrogen-bond donors (Lipinski definition) is 1. The highest BCUT2D eigenvalue weighted by Crippen LogP contribution is 2.27. The lowest BCUT2D eigenvalue weighted by atomic mass is 10.2. The molecule has 5 heteroatoms. The fourth-order valence-corrected chi connectivity index (χ4v) is 2.86. The van der Waals surface area contributed by atoms with Gasteiger partial charge in [0.25, 0.3) is 0 Å². The maximum Gasteiger partial charge on any atom is 0.237 e. The van der Waals surface area contributed by atoms with Crippen molar-refractivity contribution in [3.8, 4) is 5.88 Å². The molecule has 0 aliphatic heterocycles. The summed E-state index contributed by atoms with van der Waals surface area (Å²) >= 11 is 1.79. The van der Waals surface area contributed by atoms with Gasteiger partial charge in [0.15, 0.2) is 0 Å². The Hall–Kier alpha value is -1.59. The van der Waals surface area contributed by atoms with Crippen LogP contribution in [0.2, 0.25) is 0 Å². The van der Waals surface area contributed by atoms with Crippen LogP contribution in [0.25, 0.3) is 0 Å². The summed E-state index contributed by atoms with van der Waals surface area (Å²) in [6.07, 6.45) is 3.33. The van der Waals surface area contributed by atoms with Gasteiger partial charge < -0.3 is 10.1 Å². The number of rotatable bonds is 6. The smallest absolute Gasteiger partial charge is 0.237 e. The largest absolute Gasteiger partial charge is 0.480 e. The minimum absolute atomic E-state index is 0.102. The third-order valence-electron chi connectivity index (χ3n) is 3.00. The van der Waals surface area contributed by atoms with E-state index in [1.54, 1.807) is 31.3 Å². The second-order valence-corrected chi connectivity index (χ2v) is 5.51. The van der Waals surface area contributed by atoms with Gasteiger partial charge in [-0.1, -0.05) is 17.7 Å². The molecule has 1 N–H and O–H groups in total. The van der Waals surface area contributed by atoms with Crippen molar-refractivity contribution >= 4 is 11.8 Å². The van der Waals surface area contributed by atoms with E-state index < -0.39 is 0 Å². The van der Waals surface area contributed by atoms with Crippen molar-refractivity contribution in [2.24, 2.45) is 0 Å². The number of ether oxygens (including phenoxy) is 1. The van der Waals surface area contributed by atoms with Gasteiger partial charge in [-0.15, -0.1) is 11.8 Å². The number of nitrogens with zero attached hydrogens (tertiary/aromatic N) is 2. The molecule has 0 aliphatic rings. The van der Waals surface area contributed by atoms with E-state index in [1.165, 1.54) is 10.5 Å². The van der Waals surface area contributed by atoms with Gasteiger partial charge in [-0.05, 0) is 26.1 Å². The summed E-state index contributed by atoms with van der Waals surface area (Å²) in [5.74, 6) is 1.45. The molecule has 1 aromatic carbocycles. The van der Waals surface area contributed by atoms with E-state index in [4.69, 9.17) is 4.74 Å². The van der Waals surface area contributed by atoms with Gasteiger partial charge in [-0.25, -0.2) is 4.98 Å². The third-order valence-corrected chi connectivity index (χ3v) is 4.11. The van der Waals surface area contributed by atoms with Crippen LogP contribution in [-0.4, -0.2) is 29.9 Å². The lowest BCUT2D eigenvalue weighted by molar-refractivity contribution is 0.383. The monoisotopic (exact) mass is 289 g/mol. The number of hydrogen-bond acceptors (Lipinski definition) is 5. The first kappa shape index (κ1) is 14.8. The van der Waals surface area contributed by atoms with Crippen LogP contribution in [0, 0.1) is 6.92 Å². The molecule has 2 rings (SSSR count). The molecule has 4 nitrogen and oxygen atoms in total. The molecule has 0 saturated heterocycles. The molecule has 1 atom stereocenters. The van der Waals surface area contributed by atoms with Crippen molar-refractivity contribution in [3.05, 3.63) is 47.9 Å². The topological polar surface area (TPSA) is 47.0 Å². The second-order valence-electron chi connectivity index (χ2n) is 4.42. The van der Waals surface area contributed by atoms with E-state index in [2.05, 4.69) is 46.5 Å². The highest BCUT2D eigenvalue weighted by atomic mass is 32.2. The van der Waals surface area contributed by atoms with Gasteiger partial charge >= 0.3 is 0 Å². The zero-order valence-corrected chi connectivity index (χ0v) is 12.8. The van der Waals surface area contributed by atoms with Crippen LogP contribution in [0.5, 0.6) is 5.88 Å². The van der Waals surface area contributed by atoms with Crippen molar-refractivity contribution in [2.75, 3.05) is 19.9 Å². The summed E-state index contributed by atoms with van der Waals surface area (Å²) in [7, 11) is 3.54. The molecule has 0 spiro atoms. The number of benzene rings is 1. The Balaban J connectivity index is 2.07. The first-order valence-electron chi connectivity index (χ1n) is 6.46. The summed E-state index contributed by atoms with van der Waals surface area (Å²) in [5.41, 5.74) is 2.12. The number of methoxy groups -OCH3 is 1. The van der Waals surface area contributed by atoms with Crippen LogP contribution in [0.15, 0.2) is 41.6 Å². The second kappa shape index (κ2) is 7.26. The normalized spacial score (nSPS) is 12.2. The van der Waals surface area contributed by atoms with E-state index in [0.717, 1.165) is 11.4 Å². The zero-order valence-electron chi connectivity index (χ0n) is 12.0. The highest BCUT2D eigenvalue weighted by molar-refractivity contribution is 7.99. The van der Waals surface area contributed by atoms with Crippen LogP contribution in [-0.2, 0) is 0 Å². The van der Waals surface area contributed by atoms with Crippen LogP contribution < -0.4 is 10.1 Å². The number of aromatic nitrogens is 2. The van der Waals surface area contributed by atoms with E-state index in [-0.39, 0.29) is 6.04 Å². The van der Waals surface area contributed by atoms with Gasteiger partial charge in [0.05, 0.1) is 13.2 Å². The first-order valence-corrected chi connectivity index (χ1v) is 7.44. The molecule has 0 saturated carbocycles. The fourth-order valence-electron chi connectivity index (χ4n) is 1.85. The van der Waals surface area contributed by atoms with E-state index >= 15 is 0 Å². The Kier molecular flexibility index (Phi) is 5.38. The molecule has 106 valence electrons. The number of nitrogens with one attached hydrogen (secondary N) is 1. The average Bonchev–Trinajstić information content (AvgIpc) is 2.50. The van der Waals surface area contributed by atoms with Gasteiger partial charge in [0.2, 0.25) is 5.88 Å². The molecule has 1 heterocycles. The van der Waals surface area contributed by atoms with Crippen LogP contribution >= 0.6 is 11.8 Å². The molecule has 0 bridgehead atoms. The Morgan fingerprint density at radius 1 is 1.20 bits per heavy atom. The summed E-state index contributed by atoms with van der Waals surface area (Å²) in [4.78, 5) is 9.83. The lowest BCUT2D eigenvalue weighted by Crippen LogP contribution is -2.21. The predicted molar refractivity (Wildman–Crippen MR) is 82.3 cm³/mol. The Bertz CT molecular complexity index is 545. The molecule has 0 fully saturated rings. The number of thioether (sulfide) groups is 1. The summed E-state index contributed by atoms with van der Waals surface area (Å²) in [6, 6.07) is 8.63. The van der Waals surface area contributed by atoms with Crippen molar-refractivity contribution < 1.29 is 4.74 Å². The van der Waals surface area contributed by atoms with Crippen molar-refractivity contribution in [3.63, 3.8) is 0 Å². The molecular formula is C15H19N3OS. The molecule has 20 heavy (non-hydrogen) atoms. The lowest BCUT2D eigenvalue weighted by Gasteiger charge is -2.17. The van der Waals surface area contributed by atoms with Crippen molar-refractivity contribution in [2.45, 2.75) is 17.9 Å². The van der Waals surface area contributed by atoms with Crippen molar-refractivity contribution in [1.29, 1.82) is 0 Å². The molecule has 0 aliphatic carbocycles. The molecular weight excluding hydrogens is 270 g/mol. The van der Waals surface area contributed by atoms with Gasteiger partial charge in [-0.3, -0.25) is 4.98 Å². The minimum Gasteiger partial charge on any atom is -0.480 e. The van der Waals surface area contributed by atoms with Gasteiger partial charge in [0, 0.05) is 23.0 Å². The molecule has 0 amide bonds. The molecule has 0 radical (unpaired) electrons. The zero-order chi connectivity index (χ0) is 14.4. The average molecular weight is 289 g/mol. The first-order chi connectivity index (χ1) is 9.74. The maximum atomic E-state index is 5.27. The third kappa shape index (κ3) is 3.71. The van der Waals surface area contributed by atoms with Gasteiger partial charge in [-0.2, -0.15) is 0 Å². The minimum atomic E-state index is 0.102. The van der Waals surface area contributed by atoms with Crippen molar-refractivity contribution in [1.82, 2.24) is 15.3 Å². The Morgan fingerprint density at radius 3 is 2.55 bits per heavy atom. The highest BCUT2D eigenvalue weighted by Gasteiger charge is 2.17. The number of aryl methyl sites for hydroxylation is 1. The van der Waals surface area contributed by atoms with Crippen LogP contribution in [0.1, 0.15) is 17.3 Å². The predicted octanol–water partition coefficient (Wildman–Crippen LogP) is 2.85. The molecule has 2 aromatic rings. The van der Waals surface area contributed by atoms with E-state index in [0.29, 0.717) is 5.88 Å². The molecule has 1 unspecified atom stereocenters. The quantitative estimate of drug-likeness (QED) is 0.829. The fraction of sp³-hybridized carbons (Fsp3) is 0.333. The summed E-state index contributed by atoms with van der Waals surface area (Å²) in [5, 5.41) is 3.27. The van der Waals surface area contributed by atoms with Crippen LogP contribution in [0.3, 0.4) is 0 Å². The van der Waals surface area contributed by atoms with Gasteiger partial charge in [0.1, 0.15) is 5.69 Å². The van der Waals surface area contributed by atoms with E-state index in [9.17, 15) is 0 Å². The Morgan fingerprint density at radius 2 is 1.90 bits per heavy atom. The summed E-state index contributed by atoms with van der Waals surface area (Å²) < 4.78 is 5.27. The standard InChI is InChI=1S/C15H19N3OS/c1-11-4-6-12(7-5-11)20-10-13(16-2)14-15(19-3)18-9-8-17-14/h4-9,13,16H,10H2,1-3H3. The molecule has 1 aromatic heterocycles. The van der Waals surface area contributed by atoms with E-state index in [1.807, 2.05) is 7.05 Å². The SMILES string of the molecule is CNC(CSc1ccc(C)cc1)c1nccnc1OC.